The lowest BCUT2D eigenvalue weighted by Crippen LogP contribution is -2.24. The Hall–Kier alpha value is -1.68. The van der Waals surface area contributed by atoms with E-state index < -0.39 is 0 Å². The van der Waals surface area contributed by atoms with Crippen molar-refractivity contribution in [1.82, 2.24) is 19.7 Å². The molecule has 4 nitrogen and oxygen atoms in total. The first-order chi connectivity index (χ1) is 9.97. The van der Waals surface area contributed by atoms with Crippen LogP contribution in [0.25, 0.3) is 0 Å². The van der Waals surface area contributed by atoms with Crippen molar-refractivity contribution < 1.29 is 0 Å². The van der Waals surface area contributed by atoms with E-state index in [1.807, 2.05) is 14.0 Å². The molecule has 4 heteroatoms. The van der Waals surface area contributed by atoms with E-state index in [2.05, 4.69) is 63.8 Å². The highest BCUT2D eigenvalue weighted by Crippen LogP contribution is 2.42. The maximum Gasteiger partial charge on any atom is 0.146 e. The molecular formula is C17H24N4. The molecule has 1 aromatic heterocycles. The monoisotopic (exact) mass is 284 g/mol. The zero-order chi connectivity index (χ0) is 15.0. The Balaban J connectivity index is 1.77. The van der Waals surface area contributed by atoms with E-state index in [1.54, 1.807) is 0 Å². The molecule has 2 heterocycles. The normalized spacial score (nSPS) is 21.8. The summed E-state index contributed by atoms with van der Waals surface area (Å²) in [6.07, 6.45) is 0. The Morgan fingerprint density at radius 2 is 1.90 bits per heavy atom. The predicted molar refractivity (Wildman–Crippen MR) is 84.0 cm³/mol. The second kappa shape index (κ2) is 5.26. The summed E-state index contributed by atoms with van der Waals surface area (Å²) in [6.45, 7) is 9.79. The molecule has 0 unspecified atom stereocenters. The van der Waals surface area contributed by atoms with Gasteiger partial charge in [-0.2, -0.15) is 0 Å². The summed E-state index contributed by atoms with van der Waals surface area (Å²) < 4.78 is 2.09. The third kappa shape index (κ3) is 2.72. The Morgan fingerprint density at radius 1 is 1.19 bits per heavy atom. The first kappa shape index (κ1) is 14.3. The Bertz CT molecular complexity index is 615. The maximum atomic E-state index is 4.30. The molecule has 0 amide bonds. The summed E-state index contributed by atoms with van der Waals surface area (Å²) in [6, 6.07) is 10.9. The molecule has 1 aliphatic heterocycles. The average Bonchev–Trinajstić information content (AvgIpc) is 2.93. The summed E-state index contributed by atoms with van der Waals surface area (Å²) in [7, 11) is 2.04. The van der Waals surface area contributed by atoms with Gasteiger partial charge in [0.25, 0.3) is 0 Å². The van der Waals surface area contributed by atoms with Gasteiger partial charge in [0.15, 0.2) is 0 Å². The summed E-state index contributed by atoms with van der Waals surface area (Å²) >= 11 is 0. The number of aromatic nitrogens is 3. The number of nitrogens with zero attached hydrogens (tertiary/aromatic N) is 4. The number of hydrogen-bond donors (Lipinski definition) is 0. The molecular weight excluding hydrogens is 260 g/mol. The van der Waals surface area contributed by atoms with E-state index >= 15 is 0 Å². The summed E-state index contributed by atoms with van der Waals surface area (Å²) in [5, 5.41) is 8.45. The molecule has 1 saturated heterocycles. The lowest BCUT2D eigenvalue weighted by molar-refractivity contribution is 0.274. The minimum atomic E-state index is 0.287. The molecule has 21 heavy (non-hydrogen) atoms. The summed E-state index contributed by atoms with van der Waals surface area (Å²) in [5.74, 6) is 2.60. The molecule has 1 atom stereocenters. The lowest BCUT2D eigenvalue weighted by atomic mass is 9.78. The van der Waals surface area contributed by atoms with Gasteiger partial charge >= 0.3 is 0 Å². The van der Waals surface area contributed by atoms with Crippen molar-refractivity contribution in [3.8, 4) is 0 Å². The molecule has 0 saturated carbocycles. The van der Waals surface area contributed by atoms with Gasteiger partial charge in [0.2, 0.25) is 0 Å². The van der Waals surface area contributed by atoms with Crippen LogP contribution in [0.4, 0.5) is 0 Å². The number of rotatable bonds is 3. The molecule has 0 radical (unpaired) electrons. The van der Waals surface area contributed by atoms with Crippen LogP contribution >= 0.6 is 0 Å². The number of likely N-dealkylation sites (tertiary alicyclic amines) is 1. The Labute approximate surface area is 126 Å². The van der Waals surface area contributed by atoms with Crippen LogP contribution in [0, 0.1) is 12.3 Å². The quantitative estimate of drug-likeness (QED) is 0.869. The van der Waals surface area contributed by atoms with Gasteiger partial charge in [0.05, 0.1) is 6.54 Å². The second-order valence-corrected chi connectivity index (χ2v) is 6.84. The molecule has 0 N–H and O–H groups in total. The standard InChI is InChI=1S/C17H24N4/c1-13-18-19-16(20(13)4)11-21-10-15(17(2,3)12-21)14-8-6-5-7-9-14/h5-9,15H,10-12H2,1-4H3/t15-/m1/s1. The van der Waals surface area contributed by atoms with E-state index in [-0.39, 0.29) is 5.41 Å². The summed E-state index contributed by atoms with van der Waals surface area (Å²) in [4.78, 5) is 2.50. The van der Waals surface area contributed by atoms with Crippen LogP contribution in [0.5, 0.6) is 0 Å². The van der Waals surface area contributed by atoms with Crippen molar-refractivity contribution in [2.75, 3.05) is 13.1 Å². The van der Waals surface area contributed by atoms with Crippen LogP contribution in [0.1, 0.15) is 37.0 Å². The van der Waals surface area contributed by atoms with Crippen LogP contribution in [-0.4, -0.2) is 32.8 Å². The van der Waals surface area contributed by atoms with Crippen LogP contribution in [0.2, 0.25) is 0 Å². The van der Waals surface area contributed by atoms with Crippen molar-refractivity contribution in [1.29, 1.82) is 0 Å². The van der Waals surface area contributed by atoms with E-state index in [0.29, 0.717) is 5.92 Å². The highest BCUT2D eigenvalue weighted by atomic mass is 15.3. The number of aryl methyl sites for hydroxylation is 1. The number of hydrogen-bond acceptors (Lipinski definition) is 3. The van der Waals surface area contributed by atoms with Crippen LogP contribution < -0.4 is 0 Å². The van der Waals surface area contributed by atoms with Crippen molar-refractivity contribution in [3.05, 3.63) is 47.5 Å². The minimum Gasteiger partial charge on any atom is -0.317 e. The maximum absolute atomic E-state index is 4.30. The topological polar surface area (TPSA) is 34.0 Å². The molecule has 0 bridgehead atoms. The molecule has 112 valence electrons. The van der Waals surface area contributed by atoms with Gasteiger partial charge in [-0.05, 0) is 17.9 Å². The fourth-order valence-electron chi connectivity index (χ4n) is 3.41. The zero-order valence-corrected chi connectivity index (χ0v) is 13.4. The lowest BCUT2D eigenvalue weighted by Gasteiger charge is -2.26. The fourth-order valence-corrected chi connectivity index (χ4v) is 3.41. The highest BCUT2D eigenvalue weighted by molar-refractivity contribution is 5.24. The SMILES string of the molecule is Cc1nnc(CN2C[C@H](c3ccccc3)C(C)(C)C2)n1C. The minimum absolute atomic E-state index is 0.287. The first-order valence-electron chi connectivity index (χ1n) is 7.59. The molecule has 1 fully saturated rings. The third-order valence-corrected chi connectivity index (χ3v) is 4.76. The van der Waals surface area contributed by atoms with Crippen molar-refractivity contribution in [2.45, 2.75) is 33.2 Å². The smallest absolute Gasteiger partial charge is 0.146 e. The van der Waals surface area contributed by atoms with Crippen molar-refractivity contribution >= 4 is 0 Å². The highest BCUT2D eigenvalue weighted by Gasteiger charge is 2.40. The third-order valence-electron chi connectivity index (χ3n) is 4.76. The van der Waals surface area contributed by atoms with Gasteiger partial charge < -0.3 is 4.57 Å². The zero-order valence-electron chi connectivity index (χ0n) is 13.4. The number of benzene rings is 1. The van der Waals surface area contributed by atoms with Gasteiger partial charge in [-0.1, -0.05) is 44.2 Å². The van der Waals surface area contributed by atoms with E-state index in [9.17, 15) is 0 Å². The van der Waals surface area contributed by atoms with Gasteiger partial charge in [-0.15, -0.1) is 10.2 Å². The molecule has 3 rings (SSSR count). The second-order valence-electron chi connectivity index (χ2n) is 6.84. The molecule has 1 aliphatic rings. The van der Waals surface area contributed by atoms with E-state index in [0.717, 1.165) is 31.3 Å². The van der Waals surface area contributed by atoms with Crippen LogP contribution in [0.15, 0.2) is 30.3 Å². The fraction of sp³-hybridized carbons (Fsp3) is 0.529. The van der Waals surface area contributed by atoms with Gasteiger partial charge in [-0.25, -0.2) is 0 Å². The van der Waals surface area contributed by atoms with Gasteiger partial charge in [0, 0.05) is 26.1 Å². The largest absolute Gasteiger partial charge is 0.317 e. The molecule has 0 aliphatic carbocycles. The van der Waals surface area contributed by atoms with Crippen LogP contribution in [0.3, 0.4) is 0 Å². The Morgan fingerprint density at radius 3 is 2.52 bits per heavy atom. The van der Waals surface area contributed by atoms with Crippen molar-refractivity contribution in [2.24, 2.45) is 12.5 Å². The average molecular weight is 284 g/mol. The summed E-state index contributed by atoms with van der Waals surface area (Å²) in [5.41, 5.74) is 1.73. The Kier molecular flexibility index (Phi) is 3.57. The molecule has 1 aromatic carbocycles. The van der Waals surface area contributed by atoms with Crippen molar-refractivity contribution in [3.63, 3.8) is 0 Å². The molecule has 0 spiro atoms. The predicted octanol–water partition coefficient (Wildman–Crippen LogP) is 2.75. The molecule has 2 aromatic rings. The van der Waals surface area contributed by atoms with E-state index in [4.69, 9.17) is 0 Å². The van der Waals surface area contributed by atoms with Gasteiger partial charge in [0.1, 0.15) is 11.6 Å². The first-order valence-corrected chi connectivity index (χ1v) is 7.59. The van der Waals surface area contributed by atoms with Crippen LogP contribution in [-0.2, 0) is 13.6 Å². The van der Waals surface area contributed by atoms with E-state index in [1.165, 1.54) is 5.56 Å². The van der Waals surface area contributed by atoms with Gasteiger partial charge in [-0.3, -0.25) is 4.90 Å².